The van der Waals surface area contributed by atoms with Gasteiger partial charge in [-0.2, -0.15) is 0 Å². The number of aliphatic hydroxyl groups is 2. The average Bonchev–Trinajstić information content (AvgIpc) is 3.34. The van der Waals surface area contributed by atoms with Crippen LogP contribution in [-0.4, -0.2) is 60.6 Å². The van der Waals surface area contributed by atoms with E-state index in [4.69, 9.17) is 15.2 Å². The molecule has 10 nitrogen and oxygen atoms in total. The number of imidazole rings is 1. The molecule has 4 aromatic rings. The topological polar surface area (TPSA) is 146 Å². The van der Waals surface area contributed by atoms with Gasteiger partial charge in [-0.1, -0.05) is 36.4 Å². The molecule has 0 amide bonds. The summed E-state index contributed by atoms with van der Waals surface area (Å²) in [5, 5.41) is 22.6. The van der Waals surface area contributed by atoms with E-state index < -0.39 is 30.5 Å². The minimum Gasteiger partial charge on any atom is -0.459 e. The summed E-state index contributed by atoms with van der Waals surface area (Å²) < 4.78 is 12.7. The lowest BCUT2D eigenvalue weighted by molar-refractivity contribution is -0.0565. The first-order chi connectivity index (χ1) is 15.0. The van der Waals surface area contributed by atoms with Crippen molar-refractivity contribution in [2.24, 2.45) is 0 Å². The molecule has 4 atom stereocenters. The summed E-state index contributed by atoms with van der Waals surface area (Å²) in [4.78, 5) is 24.8. The van der Waals surface area contributed by atoms with Gasteiger partial charge in [0.1, 0.15) is 36.8 Å². The van der Waals surface area contributed by atoms with Crippen LogP contribution in [0.25, 0.3) is 21.9 Å². The maximum absolute atomic E-state index is 12.7. The first-order valence-electron chi connectivity index (χ1n) is 9.64. The zero-order valence-electron chi connectivity index (χ0n) is 16.2. The van der Waals surface area contributed by atoms with Gasteiger partial charge in [0, 0.05) is 0 Å². The van der Waals surface area contributed by atoms with Crippen LogP contribution in [0.3, 0.4) is 0 Å². The minimum atomic E-state index is -1.28. The van der Waals surface area contributed by atoms with E-state index >= 15 is 0 Å². The van der Waals surface area contributed by atoms with Gasteiger partial charge in [-0.3, -0.25) is 4.57 Å². The predicted octanol–water partition coefficient (Wildman–Crippen LogP) is 1.04. The fraction of sp³-hybridized carbons (Fsp3) is 0.238. The van der Waals surface area contributed by atoms with Crippen molar-refractivity contribution in [1.82, 2.24) is 19.5 Å². The number of aliphatic hydroxyl groups excluding tert-OH is 2. The van der Waals surface area contributed by atoms with Gasteiger partial charge >= 0.3 is 5.97 Å². The molecule has 5 rings (SSSR count). The molecule has 1 aliphatic rings. The Morgan fingerprint density at radius 1 is 1.10 bits per heavy atom. The number of anilines is 1. The lowest BCUT2D eigenvalue weighted by Gasteiger charge is -2.16. The Bertz CT molecular complexity index is 1270. The highest BCUT2D eigenvalue weighted by atomic mass is 16.6. The molecule has 0 bridgehead atoms. The SMILES string of the molecule is Nc1ncnc2c1ncn2[C@@H]1O[C@H](COC(=O)c2cccc3ccccc23)[C@@H](O)[C@H]1O. The van der Waals surface area contributed by atoms with Crippen molar-refractivity contribution in [2.75, 3.05) is 12.3 Å². The Hall–Kier alpha value is -3.60. The summed E-state index contributed by atoms with van der Waals surface area (Å²) in [5.41, 5.74) is 6.93. The van der Waals surface area contributed by atoms with Crippen LogP contribution >= 0.6 is 0 Å². The van der Waals surface area contributed by atoms with Gasteiger partial charge in [-0.05, 0) is 16.8 Å². The highest BCUT2D eigenvalue weighted by Crippen LogP contribution is 2.32. The molecule has 0 radical (unpaired) electrons. The molecular formula is C21H19N5O5. The fourth-order valence-corrected chi connectivity index (χ4v) is 3.79. The van der Waals surface area contributed by atoms with Crippen LogP contribution in [0.4, 0.5) is 5.82 Å². The van der Waals surface area contributed by atoms with E-state index in [2.05, 4.69) is 15.0 Å². The van der Waals surface area contributed by atoms with Crippen LogP contribution in [0.2, 0.25) is 0 Å². The monoisotopic (exact) mass is 421 g/mol. The Balaban J connectivity index is 1.33. The van der Waals surface area contributed by atoms with Crippen LogP contribution in [0.15, 0.2) is 55.1 Å². The number of nitrogens with zero attached hydrogens (tertiary/aromatic N) is 4. The molecule has 1 aliphatic heterocycles. The Labute approximate surface area is 175 Å². The van der Waals surface area contributed by atoms with Crippen molar-refractivity contribution >= 4 is 33.7 Å². The van der Waals surface area contributed by atoms with Crippen LogP contribution in [0.5, 0.6) is 0 Å². The van der Waals surface area contributed by atoms with Gasteiger partial charge in [0.05, 0.1) is 11.9 Å². The summed E-state index contributed by atoms with van der Waals surface area (Å²) in [5.74, 6) is -0.350. The fourth-order valence-electron chi connectivity index (χ4n) is 3.79. The highest BCUT2D eigenvalue weighted by molar-refractivity contribution is 6.04. The van der Waals surface area contributed by atoms with Gasteiger partial charge in [0.2, 0.25) is 0 Å². The molecule has 3 heterocycles. The number of nitrogens with two attached hydrogens (primary N) is 1. The van der Waals surface area contributed by atoms with Crippen molar-refractivity contribution in [3.63, 3.8) is 0 Å². The summed E-state index contributed by atoms with van der Waals surface area (Å²) in [6.07, 6.45) is -1.79. The van der Waals surface area contributed by atoms with Gasteiger partial charge in [0.25, 0.3) is 0 Å². The highest BCUT2D eigenvalue weighted by Gasteiger charge is 2.45. The zero-order valence-corrected chi connectivity index (χ0v) is 16.2. The average molecular weight is 421 g/mol. The number of carbonyl (C=O) groups excluding carboxylic acids is 1. The molecule has 0 spiro atoms. The van der Waals surface area contributed by atoms with Gasteiger partial charge in [0.15, 0.2) is 17.7 Å². The molecule has 0 unspecified atom stereocenters. The van der Waals surface area contributed by atoms with Crippen molar-refractivity contribution in [3.8, 4) is 0 Å². The van der Waals surface area contributed by atoms with Crippen LogP contribution in [0.1, 0.15) is 16.6 Å². The first-order valence-corrected chi connectivity index (χ1v) is 9.64. The van der Waals surface area contributed by atoms with E-state index in [-0.39, 0.29) is 12.4 Å². The Kier molecular flexibility index (Phi) is 4.74. The zero-order chi connectivity index (χ0) is 21.5. The number of esters is 1. The quantitative estimate of drug-likeness (QED) is 0.411. The third-order valence-corrected chi connectivity index (χ3v) is 5.39. The lowest BCUT2D eigenvalue weighted by atomic mass is 10.0. The summed E-state index contributed by atoms with van der Waals surface area (Å²) >= 11 is 0. The molecule has 1 saturated heterocycles. The summed E-state index contributed by atoms with van der Waals surface area (Å²) in [6.45, 7) is -0.236. The number of benzene rings is 2. The van der Waals surface area contributed by atoms with Crippen LogP contribution in [0, 0.1) is 0 Å². The van der Waals surface area contributed by atoms with Crippen molar-refractivity contribution in [2.45, 2.75) is 24.5 Å². The van der Waals surface area contributed by atoms with E-state index in [0.717, 1.165) is 10.8 Å². The number of nitrogen functional groups attached to an aromatic ring is 1. The van der Waals surface area contributed by atoms with E-state index in [1.165, 1.54) is 17.2 Å². The van der Waals surface area contributed by atoms with E-state index in [1.54, 1.807) is 12.1 Å². The van der Waals surface area contributed by atoms with Gasteiger partial charge < -0.3 is 25.4 Å². The molecule has 2 aromatic heterocycles. The normalized spacial score (nSPS) is 23.4. The summed E-state index contributed by atoms with van der Waals surface area (Å²) in [6, 6.07) is 12.8. The van der Waals surface area contributed by atoms with Crippen molar-refractivity contribution in [3.05, 3.63) is 60.7 Å². The molecule has 2 aromatic carbocycles. The molecule has 0 aliphatic carbocycles. The maximum Gasteiger partial charge on any atom is 0.338 e. The third-order valence-electron chi connectivity index (χ3n) is 5.39. The smallest absolute Gasteiger partial charge is 0.338 e. The van der Waals surface area contributed by atoms with Gasteiger partial charge in [-0.15, -0.1) is 0 Å². The minimum absolute atomic E-state index is 0.192. The molecule has 31 heavy (non-hydrogen) atoms. The third kappa shape index (κ3) is 3.26. The second kappa shape index (κ2) is 7.58. The predicted molar refractivity (Wildman–Crippen MR) is 110 cm³/mol. The van der Waals surface area contributed by atoms with E-state index in [1.807, 2.05) is 30.3 Å². The number of fused-ring (bicyclic) bond motifs is 2. The molecule has 1 fully saturated rings. The molecular weight excluding hydrogens is 402 g/mol. The Morgan fingerprint density at radius 2 is 1.90 bits per heavy atom. The standard InChI is InChI=1S/C21H19N5O5/c22-18-15-19(24-9-23-18)26(10-25-15)20-17(28)16(27)14(31-20)8-30-21(29)13-7-3-5-11-4-1-2-6-12(11)13/h1-7,9-10,14,16-17,20,27-28H,8H2,(H2,22,23,24)/t14-,16-,17-,20-/m1/s1. The summed E-state index contributed by atoms with van der Waals surface area (Å²) in [7, 11) is 0. The second-order valence-electron chi connectivity index (χ2n) is 7.25. The molecule has 0 saturated carbocycles. The molecule has 4 N–H and O–H groups in total. The van der Waals surface area contributed by atoms with Gasteiger partial charge in [-0.25, -0.2) is 19.7 Å². The van der Waals surface area contributed by atoms with Crippen molar-refractivity contribution < 1.29 is 24.5 Å². The first kappa shape index (κ1) is 19.4. The number of rotatable bonds is 4. The number of aromatic nitrogens is 4. The van der Waals surface area contributed by atoms with Crippen LogP contribution in [-0.2, 0) is 9.47 Å². The Morgan fingerprint density at radius 3 is 2.77 bits per heavy atom. The number of hydrogen-bond donors (Lipinski definition) is 3. The second-order valence-corrected chi connectivity index (χ2v) is 7.25. The van der Waals surface area contributed by atoms with E-state index in [0.29, 0.717) is 16.7 Å². The number of ether oxygens (including phenoxy) is 2. The molecule has 158 valence electrons. The largest absolute Gasteiger partial charge is 0.459 e. The van der Waals surface area contributed by atoms with Crippen LogP contribution < -0.4 is 5.73 Å². The molecule has 10 heteroatoms. The lowest BCUT2D eigenvalue weighted by Crippen LogP contribution is -2.34. The number of hydrogen-bond acceptors (Lipinski definition) is 9. The van der Waals surface area contributed by atoms with E-state index in [9.17, 15) is 15.0 Å². The maximum atomic E-state index is 12.7. The van der Waals surface area contributed by atoms with Crippen molar-refractivity contribution in [1.29, 1.82) is 0 Å². The number of carbonyl (C=O) groups is 1.